The molecule has 108 valence electrons. The number of hydrogen-bond donors (Lipinski definition) is 0. The minimum atomic E-state index is -0.268. The normalized spacial score (nSPS) is 11.2. The predicted molar refractivity (Wildman–Crippen MR) is 82.7 cm³/mol. The SMILES string of the molecule is Cc1cc(F)cc(-n2c(CCCl)nc3cc(C)cnc32)c1. The molecule has 0 aliphatic carbocycles. The summed E-state index contributed by atoms with van der Waals surface area (Å²) >= 11 is 5.87. The maximum absolute atomic E-state index is 13.7. The van der Waals surface area contributed by atoms with Crippen LogP contribution in [0.25, 0.3) is 16.9 Å². The van der Waals surface area contributed by atoms with Gasteiger partial charge in [0.1, 0.15) is 17.2 Å². The van der Waals surface area contributed by atoms with Crippen molar-refractivity contribution in [2.75, 3.05) is 5.88 Å². The van der Waals surface area contributed by atoms with E-state index in [1.165, 1.54) is 12.1 Å². The lowest BCUT2D eigenvalue weighted by molar-refractivity contribution is 0.625. The molecular formula is C16H15ClFN3. The second-order valence-electron chi connectivity index (χ2n) is 5.14. The Bertz CT molecular complexity index is 790. The summed E-state index contributed by atoms with van der Waals surface area (Å²) in [5.41, 5.74) is 4.16. The summed E-state index contributed by atoms with van der Waals surface area (Å²) in [6.45, 7) is 3.84. The summed E-state index contributed by atoms with van der Waals surface area (Å²) in [5.74, 6) is 0.982. The molecule has 0 saturated carbocycles. The largest absolute Gasteiger partial charge is 0.281 e. The van der Waals surface area contributed by atoms with Crippen molar-refractivity contribution in [2.24, 2.45) is 0 Å². The Morgan fingerprint density at radius 3 is 2.67 bits per heavy atom. The van der Waals surface area contributed by atoms with Crippen LogP contribution in [0.5, 0.6) is 0 Å². The van der Waals surface area contributed by atoms with Crippen LogP contribution in [0.1, 0.15) is 17.0 Å². The zero-order valence-electron chi connectivity index (χ0n) is 11.9. The smallest absolute Gasteiger partial charge is 0.164 e. The van der Waals surface area contributed by atoms with Crippen LogP contribution in [0, 0.1) is 19.7 Å². The summed E-state index contributed by atoms with van der Waals surface area (Å²) in [6.07, 6.45) is 2.39. The molecule has 0 unspecified atom stereocenters. The van der Waals surface area contributed by atoms with Gasteiger partial charge >= 0.3 is 0 Å². The maximum Gasteiger partial charge on any atom is 0.164 e. The Morgan fingerprint density at radius 1 is 1.14 bits per heavy atom. The lowest BCUT2D eigenvalue weighted by Crippen LogP contribution is -2.04. The van der Waals surface area contributed by atoms with Crippen LogP contribution < -0.4 is 0 Å². The molecule has 3 rings (SSSR count). The lowest BCUT2D eigenvalue weighted by Gasteiger charge is -2.09. The van der Waals surface area contributed by atoms with Gasteiger partial charge in [0.2, 0.25) is 0 Å². The molecule has 2 heterocycles. The van der Waals surface area contributed by atoms with Gasteiger partial charge in [0.25, 0.3) is 0 Å². The van der Waals surface area contributed by atoms with Crippen molar-refractivity contribution in [1.82, 2.24) is 14.5 Å². The first-order chi connectivity index (χ1) is 10.1. The van der Waals surface area contributed by atoms with E-state index in [1.54, 1.807) is 6.20 Å². The molecule has 0 aliphatic heterocycles. The van der Waals surface area contributed by atoms with Crippen molar-refractivity contribution in [1.29, 1.82) is 0 Å². The summed E-state index contributed by atoms with van der Waals surface area (Å²) in [4.78, 5) is 9.05. The number of imidazole rings is 1. The molecule has 0 amide bonds. The van der Waals surface area contributed by atoms with Gasteiger partial charge < -0.3 is 0 Å². The van der Waals surface area contributed by atoms with Gasteiger partial charge in [0.05, 0.1) is 5.69 Å². The first kappa shape index (κ1) is 14.0. The Kier molecular flexibility index (Phi) is 3.64. The van der Waals surface area contributed by atoms with Crippen LogP contribution in [0.4, 0.5) is 4.39 Å². The van der Waals surface area contributed by atoms with E-state index in [9.17, 15) is 4.39 Å². The number of pyridine rings is 1. The average Bonchev–Trinajstić information content (AvgIpc) is 2.75. The van der Waals surface area contributed by atoms with E-state index >= 15 is 0 Å². The molecule has 2 aromatic heterocycles. The van der Waals surface area contributed by atoms with E-state index in [4.69, 9.17) is 11.6 Å². The van der Waals surface area contributed by atoms with Crippen molar-refractivity contribution < 1.29 is 4.39 Å². The summed E-state index contributed by atoms with van der Waals surface area (Å²) in [5, 5.41) is 0. The second kappa shape index (κ2) is 5.45. The van der Waals surface area contributed by atoms with E-state index in [0.717, 1.165) is 33.8 Å². The van der Waals surface area contributed by atoms with Crippen molar-refractivity contribution in [3.8, 4) is 5.69 Å². The van der Waals surface area contributed by atoms with Gasteiger partial charge in [0, 0.05) is 18.5 Å². The number of alkyl halides is 1. The molecule has 3 aromatic rings. The molecule has 5 heteroatoms. The molecule has 1 aromatic carbocycles. The van der Waals surface area contributed by atoms with Crippen LogP contribution in [0.15, 0.2) is 30.5 Å². The van der Waals surface area contributed by atoms with Crippen molar-refractivity contribution >= 4 is 22.8 Å². The number of nitrogens with zero attached hydrogens (tertiary/aromatic N) is 3. The topological polar surface area (TPSA) is 30.7 Å². The van der Waals surface area contributed by atoms with E-state index < -0.39 is 0 Å². The van der Waals surface area contributed by atoms with E-state index in [-0.39, 0.29) is 5.82 Å². The zero-order chi connectivity index (χ0) is 15.0. The van der Waals surface area contributed by atoms with Gasteiger partial charge in [-0.15, -0.1) is 11.6 Å². The van der Waals surface area contributed by atoms with Gasteiger partial charge in [-0.3, -0.25) is 4.57 Å². The van der Waals surface area contributed by atoms with E-state index in [1.807, 2.05) is 30.5 Å². The lowest BCUT2D eigenvalue weighted by atomic mass is 10.2. The van der Waals surface area contributed by atoms with Crippen LogP contribution in [-0.4, -0.2) is 20.4 Å². The molecule has 0 N–H and O–H groups in total. The molecule has 0 saturated heterocycles. The number of halogens is 2. The van der Waals surface area contributed by atoms with Crippen molar-refractivity contribution in [3.63, 3.8) is 0 Å². The number of benzene rings is 1. The third-order valence-electron chi connectivity index (χ3n) is 3.31. The minimum Gasteiger partial charge on any atom is -0.281 e. The highest BCUT2D eigenvalue weighted by Gasteiger charge is 2.14. The number of fused-ring (bicyclic) bond motifs is 1. The molecule has 3 nitrogen and oxygen atoms in total. The van der Waals surface area contributed by atoms with Gasteiger partial charge in [-0.25, -0.2) is 14.4 Å². The fourth-order valence-electron chi connectivity index (χ4n) is 2.48. The summed E-state index contributed by atoms with van der Waals surface area (Å²) in [7, 11) is 0. The molecule has 0 aliphatic rings. The average molecular weight is 304 g/mol. The van der Waals surface area contributed by atoms with Gasteiger partial charge in [-0.2, -0.15) is 0 Å². The standard InChI is InChI=1S/C16H15ClFN3/c1-10-5-12(18)8-13(6-10)21-15(3-4-17)20-14-7-11(2)9-19-16(14)21/h5-9H,3-4H2,1-2H3. The number of aromatic nitrogens is 3. The van der Waals surface area contributed by atoms with Crippen LogP contribution >= 0.6 is 11.6 Å². The van der Waals surface area contributed by atoms with Crippen LogP contribution in [0.2, 0.25) is 0 Å². The third kappa shape index (κ3) is 2.63. The van der Waals surface area contributed by atoms with Crippen LogP contribution in [-0.2, 0) is 6.42 Å². The minimum absolute atomic E-state index is 0.268. The highest BCUT2D eigenvalue weighted by Crippen LogP contribution is 2.23. The van der Waals surface area contributed by atoms with E-state index in [0.29, 0.717) is 12.3 Å². The van der Waals surface area contributed by atoms with E-state index in [2.05, 4.69) is 9.97 Å². The highest BCUT2D eigenvalue weighted by atomic mass is 35.5. The summed E-state index contributed by atoms with van der Waals surface area (Å²) in [6, 6.07) is 6.89. The molecule has 21 heavy (non-hydrogen) atoms. The Morgan fingerprint density at radius 2 is 1.95 bits per heavy atom. The third-order valence-corrected chi connectivity index (χ3v) is 3.50. The predicted octanol–water partition coefficient (Wildman–Crippen LogP) is 3.96. The monoisotopic (exact) mass is 303 g/mol. The quantitative estimate of drug-likeness (QED) is 0.686. The Balaban J connectivity index is 2.30. The van der Waals surface area contributed by atoms with Crippen LogP contribution in [0.3, 0.4) is 0 Å². The molecule has 0 spiro atoms. The Hall–Kier alpha value is -1.94. The Labute approximate surface area is 127 Å². The molecule has 0 fully saturated rings. The summed E-state index contributed by atoms with van der Waals surface area (Å²) < 4.78 is 15.6. The molecular weight excluding hydrogens is 289 g/mol. The van der Waals surface area contributed by atoms with Gasteiger partial charge in [-0.05, 0) is 49.2 Å². The fourth-order valence-corrected chi connectivity index (χ4v) is 2.65. The zero-order valence-corrected chi connectivity index (χ0v) is 12.7. The van der Waals surface area contributed by atoms with Crippen molar-refractivity contribution in [3.05, 3.63) is 53.2 Å². The molecule has 0 radical (unpaired) electrons. The number of rotatable bonds is 3. The first-order valence-electron chi connectivity index (χ1n) is 6.76. The number of aryl methyl sites for hydroxylation is 3. The van der Waals surface area contributed by atoms with Gasteiger partial charge in [0.15, 0.2) is 5.65 Å². The number of hydrogen-bond acceptors (Lipinski definition) is 2. The molecule has 0 atom stereocenters. The van der Waals surface area contributed by atoms with Crippen molar-refractivity contribution in [2.45, 2.75) is 20.3 Å². The highest BCUT2D eigenvalue weighted by molar-refractivity contribution is 6.17. The molecule has 0 bridgehead atoms. The maximum atomic E-state index is 13.7. The first-order valence-corrected chi connectivity index (χ1v) is 7.29. The fraction of sp³-hybridized carbons (Fsp3) is 0.250. The van der Waals surface area contributed by atoms with Gasteiger partial charge in [-0.1, -0.05) is 0 Å². The second-order valence-corrected chi connectivity index (χ2v) is 5.52.